The minimum absolute atomic E-state index is 0.633. The molecule has 3 rings (SSSR count). The molecule has 1 nitrogen and oxygen atoms in total. The van der Waals surface area contributed by atoms with Crippen molar-refractivity contribution in [2.75, 3.05) is 0 Å². The van der Waals surface area contributed by atoms with E-state index in [1.807, 2.05) is 6.07 Å². The zero-order valence-corrected chi connectivity index (χ0v) is 11.1. The lowest BCUT2D eigenvalue weighted by molar-refractivity contribution is 0.376. The molecule has 2 aliphatic carbocycles. The molecule has 3 unspecified atom stereocenters. The standard InChI is InChI=1S/C15H20ClN/c1-10-3-2-4-15(10)17-14-8-11-5-6-13(16)7-12(11)9-14/h5-7,10,14-15,17H,2-4,8-9H2,1H3. The van der Waals surface area contributed by atoms with Gasteiger partial charge in [0.1, 0.15) is 0 Å². The Morgan fingerprint density at radius 3 is 2.76 bits per heavy atom. The molecule has 1 aromatic rings. The van der Waals surface area contributed by atoms with Crippen molar-refractivity contribution >= 4 is 11.6 Å². The van der Waals surface area contributed by atoms with E-state index in [2.05, 4.69) is 24.4 Å². The smallest absolute Gasteiger partial charge is 0.0408 e. The summed E-state index contributed by atoms with van der Waals surface area (Å²) in [6.07, 6.45) is 6.47. The number of rotatable bonds is 2. The lowest BCUT2D eigenvalue weighted by Crippen LogP contribution is -2.40. The summed E-state index contributed by atoms with van der Waals surface area (Å²) in [6, 6.07) is 7.72. The highest BCUT2D eigenvalue weighted by Gasteiger charge is 2.28. The quantitative estimate of drug-likeness (QED) is 0.845. The molecule has 17 heavy (non-hydrogen) atoms. The Hall–Kier alpha value is -0.530. The van der Waals surface area contributed by atoms with Crippen LogP contribution in [0.4, 0.5) is 0 Å². The first-order chi connectivity index (χ1) is 8.22. The van der Waals surface area contributed by atoms with Gasteiger partial charge in [0.2, 0.25) is 0 Å². The first-order valence-corrected chi connectivity index (χ1v) is 7.13. The Morgan fingerprint density at radius 1 is 1.18 bits per heavy atom. The van der Waals surface area contributed by atoms with Crippen molar-refractivity contribution in [1.29, 1.82) is 0 Å². The minimum Gasteiger partial charge on any atom is -0.310 e. The molecule has 1 saturated carbocycles. The monoisotopic (exact) mass is 249 g/mol. The fraction of sp³-hybridized carbons (Fsp3) is 0.600. The molecule has 1 aromatic carbocycles. The van der Waals surface area contributed by atoms with E-state index in [4.69, 9.17) is 11.6 Å². The Bertz CT molecular complexity index is 415. The summed E-state index contributed by atoms with van der Waals surface area (Å²) in [5.74, 6) is 0.849. The molecule has 0 radical (unpaired) electrons. The van der Waals surface area contributed by atoms with Gasteiger partial charge in [0.05, 0.1) is 0 Å². The molecule has 0 heterocycles. The molecule has 92 valence electrons. The zero-order chi connectivity index (χ0) is 11.8. The van der Waals surface area contributed by atoms with Crippen LogP contribution in [0.1, 0.15) is 37.3 Å². The topological polar surface area (TPSA) is 12.0 Å². The number of halogens is 1. The van der Waals surface area contributed by atoms with Gasteiger partial charge < -0.3 is 5.32 Å². The van der Waals surface area contributed by atoms with Gasteiger partial charge in [0, 0.05) is 17.1 Å². The molecule has 0 aromatic heterocycles. The largest absolute Gasteiger partial charge is 0.310 e. The van der Waals surface area contributed by atoms with E-state index < -0.39 is 0 Å². The summed E-state index contributed by atoms with van der Waals surface area (Å²) in [5.41, 5.74) is 2.93. The van der Waals surface area contributed by atoms with Crippen molar-refractivity contribution < 1.29 is 0 Å². The average Bonchev–Trinajstić information content (AvgIpc) is 2.85. The lowest BCUT2D eigenvalue weighted by atomic mass is 10.0. The molecule has 0 bridgehead atoms. The third-order valence-corrected chi connectivity index (χ3v) is 4.65. The summed E-state index contributed by atoms with van der Waals surface area (Å²) in [5, 5.41) is 4.72. The number of nitrogens with one attached hydrogen (secondary N) is 1. The number of hydrogen-bond donors (Lipinski definition) is 1. The number of fused-ring (bicyclic) bond motifs is 1. The van der Waals surface area contributed by atoms with E-state index in [1.54, 1.807) is 0 Å². The maximum Gasteiger partial charge on any atom is 0.0408 e. The lowest BCUT2D eigenvalue weighted by Gasteiger charge is -2.22. The molecular formula is C15H20ClN. The third kappa shape index (κ3) is 2.36. The van der Waals surface area contributed by atoms with Crippen LogP contribution in [-0.2, 0) is 12.8 Å². The van der Waals surface area contributed by atoms with Gasteiger partial charge in [-0.2, -0.15) is 0 Å². The fourth-order valence-corrected chi connectivity index (χ4v) is 3.60. The minimum atomic E-state index is 0.633. The van der Waals surface area contributed by atoms with Gasteiger partial charge >= 0.3 is 0 Å². The molecule has 2 aliphatic rings. The van der Waals surface area contributed by atoms with Gasteiger partial charge in [0.15, 0.2) is 0 Å². The SMILES string of the molecule is CC1CCCC1NC1Cc2ccc(Cl)cc2C1. The summed E-state index contributed by atoms with van der Waals surface area (Å²) in [6.45, 7) is 2.38. The predicted octanol–water partition coefficient (Wildman–Crippen LogP) is 3.59. The highest BCUT2D eigenvalue weighted by atomic mass is 35.5. The Balaban J connectivity index is 1.66. The average molecular weight is 250 g/mol. The van der Waals surface area contributed by atoms with Crippen LogP contribution in [0.5, 0.6) is 0 Å². The molecule has 0 amide bonds. The third-order valence-electron chi connectivity index (χ3n) is 4.41. The molecule has 2 heteroatoms. The van der Waals surface area contributed by atoms with Crippen molar-refractivity contribution in [3.63, 3.8) is 0 Å². The molecule has 0 spiro atoms. The van der Waals surface area contributed by atoms with Crippen molar-refractivity contribution in [3.8, 4) is 0 Å². The summed E-state index contributed by atoms with van der Waals surface area (Å²) in [4.78, 5) is 0. The second kappa shape index (κ2) is 4.62. The van der Waals surface area contributed by atoms with Crippen LogP contribution >= 0.6 is 11.6 Å². The number of benzene rings is 1. The molecular weight excluding hydrogens is 230 g/mol. The molecule has 0 saturated heterocycles. The molecule has 0 aliphatic heterocycles. The van der Waals surface area contributed by atoms with Gasteiger partial charge in [-0.25, -0.2) is 0 Å². The molecule has 1 fully saturated rings. The molecule has 3 atom stereocenters. The maximum atomic E-state index is 6.04. The maximum absolute atomic E-state index is 6.04. The zero-order valence-electron chi connectivity index (χ0n) is 10.4. The van der Waals surface area contributed by atoms with Crippen molar-refractivity contribution in [1.82, 2.24) is 5.32 Å². The highest BCUT2D eigenvalue weighted by molar-refractivity contribution is 6.30. The van der Waals surface area contributed by atoms with Gasteiger partial charge in [-0.05, 0) is 54.9 Å². The summed E-state index contributed by atoms with van der Waals surface area (Å²) >= 11 is 6.04. The fourth-order valence-electron chi connectivity index (χ4n) is 3.40. The van der Waals surface area contributed by atoms with Crippen molar-refractivity contribution in [2.45, 2.75) is 51.1 Å². The van der Waals surface area contributed by atoms with Crippen molar-refractivity contribution in [3.05, 3.63) is 34.3 Å². The van der Waals surface area contributed by atoms with Crippen molar-refractivity contribution in [2.24, 2.45) is 5.92 Å². The summed E-state index contributed by atoms with van der Waals surface area (Å²) in [7, 11) is 0. The number of hydrogen-bond acceptors (Lipinski definition) is 1. The van der Waals surface area contributed by atoms with Crippen LogP contribution in [0, 0.1) is 5.92 Å². The van der Waals surface area contributed by atoms with E-state index in [0.29, 0.717) is 6.04 Å². The predicted molar refractivity (Wildman–Crippen MR) is 72.6 cm³/mol. The van der Waals surface area contributed by atoms with Crippen LogP contribution in [-0.4, -0.2) is 12.1 Å². The van der Waals surface area contributed by atoms with E-state index in [1.165, 1.54) is 36.8 Å². The van der Waals surface area contributed by atoms with E-state index in [0.717, 1.165) is 23.4 Å². The summed E-state index contributed by atoms with van der Waals surface area (Å²) < 4.78 is 0. The van der Waals surface area contributed by atoms with Crippen LogP contribution in [0.25, 0.3) is 0 Å². The van der Waals surface area contributed by atoms with E-state index in [-0.39, 0.29) is 0 Å². The van der Waals surface area contributed by atoms with Crippen LogP contribution in [0.15, 0.2) is 18.2 Å². The Labute approximate surface area is 109 Å². The second-order valence-corrected chi connectivity index (χ2v) is 6.14. The highest BCUT2D eigenvalue weighted by Crippen LogP contribution is 2.29. The first-order valence-electron chi connectivity index (χ1n) is 6.76. The van der Waals surface area contributed by atoms with E-state index in [9.17, 15) is 0 Å². The van der Waals surface area contributed by atoms with Gasteiger partial charge in [0.25, 0.3) is 0 Å². The first kappa shape index (κ1) is 11.6. The molecule has 1 N–H and O–H groups in total. The Kier molecular flexibility index (Phi) is 3.14. The second-order valence-electron chi connectivity index (χ2n) is 5.70. The van der Waals surface area contributed by atoms with Crippen LogP contribution in [0.2, 0.25) is 5.02 Å². The van der Waals surface area contributed by atoms with Crippen LogP contribution in [0.3, 0.4) is 0 Å². The van der Waals surface area contributed by atoms with Gasteiger partial charge in [-0.3, -0.25) is 0 Å². The normalized spacial score (nSPS) is 31.8. The van der Waals surface area contributed by atoms with E-state index >= 15 is 0 Å². The van der Waals surface area contributed by atoms with Gasteiger partial charge in [-0.15, -0.1) is 0 Å². The van der Waals surface area contributed by atoms with Crippen LogP contribution < -0.4 is 5.32 Å². The van der Waals surface area contributed by atoms with Gasteiger partial charge in [-0.1, -0.05) is 31.0 Å². The Morgan fingerprint density at radius 2 is 2.00 bits per heavy atom.